The number of hydrogen-bond acceptors (Lipinski definition) is 5. The highest BCUT2D eigenvalue weighted by Gasteiger charge is 2.35. The number of rotatable bonds is 8. The van der Waals surface area contributed by atoms with E-state index in [-0.39, 0.29) is 17.9 Å². The summed E-state index contributed by atoms with van der Waals surface area (Å²) in [6, 6.07) is 7.88. The number of amides is 2. The highest BCUT2D eigenvalue weighted by atomic mass is 32.1. The first-order chi connectivity index (χ1) is 13.4. The average Bonchev–Trinajstić information content (AvgIpc) is 3.45. The van der Waals surface area contributed by atoms with E-state index in [1.54, 1.807) is 7.05 Å². The van der Waals surface area contributed by atoms with Gasteiger partial charge in [-0.1, -0.05) is 30.4 Å². The number of carbonyl (C=O) groups excluding carboxylic acids is 2. The zero-order valence-electron chi connectivity index (χ0n) is 16.4. The first-order valence-corrected chi connectivity index (χ1v) is 10.7. The first kappa shape index (κ1) is 20.6. The van der Waals surface area contributed by atoms with Crippen LogP contribution in [0.3, 0.4) is 0 Å². The molecule has 1 aromatic heterocycles. The van der Waals surface area contributed by atoms with E-state index < -0.39 is 0 Å². The molecule has 1 atom stereocenters. The third-order valence-electron chi connectivity index (χ3n) is 4.65. The largest absolute Gasteiger partial charge is 0.355 e. The van der Waals surface area contributed by atoms with Gasteiger partial charge in [-0.05, 0) is 37.2 Å². The maximum Gasteiger partial charge on any atom is 0.251 e. The van der Waals surface area contributed by atoms with Crippen LogP contribution in [0.25, 0.3) is 0 Å². The zero-order valence-corrected chi connectivity index (χ0v) is 18.0. The van der Waals surface area contributed by atoms with E-state index in [9.17, 15) is 9.59 Å². The Bertz CT molecular complexity index is 902. The van der Waals surface area contributed by atoms with Crippen molar-refractivity contribution in [1.82, 2.24) is 15.1 Å². The Hall–Kier alpha value is -2.10. The van der Waals surface area contributed by atoms with E-state index in [2.05, 4.69) is 17.5 Å². The van der Waals surface area contributed by atoms with Crippen molar-refractivity contribution in [2.75, 3.05) is 19.0 Å². The SMILES string of the molecule is CCC(=O)N(c1nn(C[NH+](C)Cc2ccc(C(=O)NC)cc2)c(=S)s1)C1CC1. The second kappa shape index (κ2) is 8.93. The highest BCUT2D eigenvalue weighted by Crippen LogP contribution is 2.33. The molecule has 28 heavy (non-hydrogen) atoms. The summed E-state index contributed by atoms with van der Waals surface area (Å²) in [5, 5.41) is 7.97. The molecule has 0 saturated heterocycles. The number of aromatic nitrogens is 2. The summed E-state index contributed by atoms with van der Waals surface area (Å²) in [6.45, 7) is 3.27. The molecular formula is C19H26N5O2S2+. The van der Waals surface area contributed by atoms with Crippen LogP contribution >= 0.6 is 23.6 Å². The van der Waals surface area contributed by atoms with Gasteiger partial charge in [0.15, 0.2) is 10.6 Å². The minimum absolute atomic E-state index is 0.0876. The van der Waals surface area contributed by atoms with E-state index in [1.165, 1.54) is 16.2 Å². The second-order valence-electron chi connectivity index (χ2n) is 7.07. The molecule has 1 aliphatic carbocycles. The molecule has 2 N–H and O–H groups in total. The van der Waals surface area contributed by atoms with E-state index >= 15 is 0 Å². The van der Waals surface area contributed by atoms with Crippen molar-refractivity contribution in [3.63, 3.8) is 0 Å². The molecule has 1 heterocycles. The number of benzene rings is 1. The second-order valence-corrected chi connectivity index (χ2v) is 8.67. The molecule has 0 spiro atoms. The van der Waals surface area contributed by atoms with Crippen molar-refractivity contribution in [1.29, 1.82) is 0 Å². The van der Waals surface area contributed by atoms with Crippen molar-refractivity contribution < 1.29 is 14.5 Å². The van der Waals surface area contributed by atoms with E-state index in [0.29, 0.717) is 27.7 Å². The lowest BCUT2D eigenvalue weighted by molar-refractivity contribution is -0.917. The molecule has 0 aliphatic heterocycles. The number of hydrogen-bond donors (Lipinski definition) is 2. The minimum Gasteiger partial charge on any atom is -0.355 e. The lowest BCUT2D eigenvalue weighted by Crippen LogP contribution is -3.07. The quantitative estimate of drug-likeness (QED) is 0.637. The van der Waals surface area contributed by atoms with Crippen LogP contribution in [-0.2, 0) is 18.0 Å². The molecule has 0 radical (unpaired) electrons. The van der Waals surface area contributed by atoms with E-state index in [0.717, 1.165) is 24.9 Å². The van der Waals surface area contributed by atoms with Crippen molar-refractivity contribution in [3.05, 3.63) is 39.3 Å². The minimum atomic E-state index is -0.0876. The van der Waals surface area contributed by atoms with Crippen molar-refractivity contribution in [2.45, 2.75) is 45.4 Å². The van der Waals surface area contributed by atoms with Crippen molar-refractivity contribution in [2.24, 2.45) is 0 Å². The molecule has 1 fully saturated rings. The van der Waals surface area contributed by atoms with Gasteiger partial charge in [-0.3, -0.25) is 14.5 Å². The lowest BCUT2D eigenvalue weighted by atomic mass is 10.1. The molecule has 0 bridgehead atoms. The van der Waals surface area contributed by atoms with Gasteiger partial charge in [0.05, 0.1) is 7.05 Å². The molecule has 7 nitrogen and oxygen atoms in total. The Kier molecular flexibility index (Phi) is 6.58. The number of anilines is 1. The number of quaternary nitrogens is 1. The summed E-state index contributed by atoms with van der Waals surface area (Å²) in [6.07, 6.45) is 2.55. The van der Waals surface area contributed by atoms with E-state index in [4.69, 9.17) is 12.2 Å². The summed E-state index contributed by atoms with van der Waals surface area (Å²) < 4.78 is 2.49. The summed E-state index contributed by atoms with van der Waals surface area (Å²) >= 11 is 6.89. The smallest absolute Gasteiger partial charge is 0.251 e. The number of carbonyl (C=O) groups is 2. The molecule has 2 amide bonds. The lowest BCUT2D eigenvalue weighted by Gasteiger charge is -2.18. The molecule has 2 aromatic rings. The topological polar surface area (TPSA) is 71.7 Å². The third kappa shape index (κ3) is 4.84. The fourth-order valence-electron chi connectivity index (χ4n) is 3.04. The number of nitrogens with one attached hydrogen (secondary N) is 2. The Balaban J connectivity index is 1.66. The highest BCUT2D eigenvalue weighted by molar-refractivity contribution is 7.73. The molecule has 1 aliphatic rings. The fraction of sp³-hybridized carbons (Fsp3) is 0.474. The summed E-state index contributed by atoms with van der Waals surface area (Å²) in [4.78, 5) is 27.0. The van der Waals surface area contributed by atoms with Crippen LogP contribution in [0.15, 0.2) is 24.3 Å². The fourth-order valence-corrected chi connectivity index (χ4v) is 4.22. The van der Waals surface area contributed by atoms with Crippen LogP contribution in [0.5, 0.6) is 0 Å². The maximum absolute atomic E-state index is 12.3. The maximum atomic E-state index is 12.3. The van der Waals surface area contributed by atoms with Gasteiger partial charge in [0.1, 0.15) is 6.54 Å². The summed E-state index contributed by atoms with van der Waals surface area (Å²) in [5.74, 6) is 0.0192. The normalized spacial score (nSPS) is 14.5. The Labute approximate surface area is 174 Å². The van der Waals surface area contributed by atoms with Crippen molar-refractivity contribution >= 4 is 40.5 Å². The Morgan fingerprint density at radius 2 is 2.04 bits per heavy atom. The summed E-state index contributed by atoms with van der Waals surface area (Å²) in [5.41, 5.74) is 1.78. The molecule has 3 rings (SSSR count). The van der Waals surface area contributed by atoms with Gasteiger partial charge in [-0.25, -0.2) is 0 Å². The Morgan fingerprint density at radius 1 is 1.36 bits per heavy atom. The molecule has 1 unspecified atom stereocenters. The average molecular weight is 421 g/mol. The Morgan fingerprint density at radius 3 is 2.61 bits per heavy atom. The van der Waals surface area contributed by atoms with Crippen LogP contribution in [-0.4, -0.2) is 41.7 Å². The van der Waals surface area contributed by atoms with Gasteiger partial charge in [-0.15, -0.1) is 5.10 Å². The van der Waals surface area contributed by atoms with Gasteiger partial charge in [0.25, 0.3) is 5.91 Å². The molecule has 1 aromatic carbocycles. The molecule has 1 saturated carbocycles. The van der Waals surface area contributed by atoms with Crippen LogP contribution in [0, 0.1) is 3.95 Å². The van der Waals surface area contributed by atoms with Crippen molar-refractivity contribution in [3.8, 4) is 0 Å². The standard InChI is InChI=1S/C19H25N5O2S2/c1-4-16(25)24(15-9-10-15)18-21-23(19(27)28-18)12-22(3)11-13-5-7-14(8-6-13)17(26)20-2/h5-8,15H,4,9-12H2,1-3H3,(H,20,26)/p+1. The van der Waals surface area contributed by atoms with Crippen LogP contribution < -0.4 is 15.1 Å². The first-order valence-electron chi connectivity index (χ1n) is 9.45. The van der Waals surface area contributed by atoms with Crippen LogP contribution in [0.1, 0.15) is 42.1 Å². The monoisotopic (exact) mass is 420 g/mol. The van der Waals surface area contributed by atoms with Gasteiger partial charge < -0.3 is 10.2 Å². The zero-order chi connectivity index (χ0) is 20.3. The van der Waals surface area contributed by atoms with Gasteiger partial charge in [0.2, 0.25) is 11.0 Å². The summed E-state index contributed by atoms with van der Waals surface area (Å²) in [7, 11) is 3.70. The van der Waals surface area contributed by atoms with Crippen LogP contribution in [0.4, 0.5) is 5.13 Å². The van der Waals surface area contributed by atoms with Gasteiger partial charge >= 0.3 is 0 Å². The number of nitrogens with zero attached hydrogens (tertiary/aromatic N) is 3. The van der Waals surface area contributed by atoms with E-state index in [1.807, 2.05) is 40.8 Å². The molecular weight excluding hydrogens is 394 g/mol. The van der Waals surface area contributed by atoms with Crippen LogP contribution in [0.2, 0.25) is 0 Å². The predicted molar refractivity (Wildman–Crippen MR) is 112 cm³/mol. The molecule has 150 valence electrons. The van der Waals surface area contributed by atoms with Gasteiger partial charge in [0, 0.05) is 30.6 Å². The third-order valence-corrected chi connectivity index (χ3v) is 5.96. The molecule has 9 heteroatoms. The predicted octanol–water partition coefficient (Wildman–Crippen LogP) is 1.61. The van der Waals surface area contributed by atoms with Gasteiger partial charge in [-0.2, -0.15) is 4.68 Å².